The Hall–Kier alpha value is -12.4. The van der Waals surface area contributed by atoms with Crippen LogP contribution in [-0.2, 0) is 73.9 Å². The Morgan fingerprint density at radius 2 is 1.29 bits per heavy atom. The van der Waals surface area contributed by atoms with Crippen molar-refractivity contribution in [3.63, 3.8) is 0 Å². The van der Waals surface area contributed by atoms with Crippen LogP contribution in [0.25, 0.3) is 60.3 Å². The molecule has 0 fully saturated rings. The van der Waals surface area contributed by atoms with Crippen LogP contribution in [0.3, 0.4) is 0 Å². The number of nitrogens with zero attached hydrogens (tertiary/aromatic N) is 4. The summed E-state index contributed by atoms with van der Waals surface area (Å²) >= 11 is 6.16. The zero-order valence-electron chi connectivity index (χ0n) is 52.5. The smallest absolute Gasteiger partial charge is 0.413 e. The molecule has 13 rings (SSSR count). The number of phenols is 2. The van der Waals surface area contributed by atoms with Crippen molar-refractivity contribution < 1.29 is 77.1 Å². The molecule has 490 valence electrons. The predicted octanol–water partition coefficient (Wildman–Crippen LogP) is 8.99. The number of ether oxygens (including phenoxy) is 4. The molecule has 0 radical (unpaired) electrons. The van der Waals surface area contributed by atoms with E-state index in [-0.39, 0.29) is 53.8 Å². The topological polar surface area (TPSA) is 324 Å². The SMILES string of the molecule is CC(=O)NC(=O)OCCn1cc(C2=CC(=O)NC2=O)c2ccccc21.COC(=O)C(C)(C)Cc1c(C2=CC(=O)NC2=O)c2cc(OCc3ccc4ccccc4n3)ccc2n1Cc1ccc(Cl)cc1.COc1ccc(C(=O)n2cc(C3=CC(=O)NC3=O)c3cc(O)ccc32)c(O)c1. The first kappa shape index (κ1) is 66.0. The van der Waals surface area contributed by atoms with Gasteiger partial charge in [-0.2, -0.15) is 0 Å². The van der Waals surface area contributed by atoms with Gasteiger partial charge in [0, 0.05) is 117 Å². The van der Waals surface area contributed by atoms with Gasteiger partial charge in [-0.3, -0.25) is 69.0 Å². The average Bonchev–Trinajstić information content (AvgIpc) is 1.59. The van der Waals surface area contributed by atoms with Crippen LogP contribution in [0.5, 0.6) is 23.0 Å². The van der Waals surface area contributed by atoms with Gasteiger partial charge in [0.05, 0.1) is 65.2 Å². The number of fused-ring (bicyclic) bond motifs is 4. The molecule has 0 atom stereocenters. The fourth-order valence-corrected chi connectivity index (χ4v) is 11.6. The minimum absolute atomic E-state index is 0.0262. The normalized spacial score (nSPS) is 13.4. The monoisotopic (exact) mass is 1330 g/mol. The van der Waals surface area contributed by atoms with E-state index in [0.717, 1.165) is 55.7 Å². The van der Waals surface area contributed by atoms with Gasteiger partial charge in [0.15, 0.2) is 0 Å². The van der Waals surface area contributed by atoms with Crippen LogP contribution in [0.1, 0.15) is 64.8 Å². The van der Waals surface area contributed by atoms with Crippen LogP contribution in [-0.4, -0.2) is 109 Å². The number of nitrogens with one attached hydrogen (secondary N) is 4. The lowest BCUT2D eigenvalue weighted by Gasteiger charge is -2.24. The average molecular weight is 1330 g/mol. The molecular formula is C72H59ClN8O16. The second kappa shape index (κ2) is 27.6. The molecule has 0 spiro atoms. The number of imide groups is 4. The largest absolute Gasteiger partial charge is 0.508 e. The molecule has 6 aromatic carbocycles. The van der Waals surface area contributed by atoms with E-state index in [4.69, 9.17) is 35.5 Å². The second-order valence-corrected chi connectivity index (χ2v) is 23.5. The molecule has 10 aromatic rings. The highest BCUT2D eigenvalue weighted by Crippen LogP contribution is 2.40. The number of pyridine rings is 1. The third kappa shape index (κ3) is 14.2. The summed E-state index contributed by atoms with van der Waals surface area (Å²) in [6.07, 6.45) is 6.29. The van der Waals surface area contributed by atoms with E-state index < -0.39 is 58.8 Å². The van der Waals surface area contributed by atoms with Gasteiger partial charge in [0.2, 0.25) is 5.91 Å². The Kier molecular flexibility index (Phi) is 18.8. The Morgan fingerprint density at radius 3 is 1.94 bits per heavy atom. The Morgan fingerprint density at radius 1 is 0.649 bits per heavy atom. The van der Waals surface area contributed by atoms with Gasteiger partial charge in [-0.15, -0.1) is 0 Å². The quantitative estimate of drug-likeness (QED) is 0.0388. The third-order valence-corrected chi connectivity index (χ3v) is 16.2. The molecule has 3 aliphatic rings. The van der Waals surface area contributed by atoms with Crippen LogP contribution in [0.15, 0.2) is 170 Å². The number of para-hydroxylation sites is 2. The van der Waals surface area contributed by atoms with Gasteiger partial charge >= 0.3 is 12.1 Å². The Balaban J connectivity index is 0.000000156. The Bertz CT molecular complexity index is 5070. The summed E-state index contributed by atoms with van der Waals surface area (Å²) in [6, 6.07) is 41.0. The van der Waals surface area contributed by atoms with Crippen LogP contribution in [0, 0.1) is 5.41 Å². The molecule has 0 unspecified atom stereocenters. The van der Waals surface area contributed by atoms with Crippen molar-refractivity contribution >= 4 is 131 Å². The number of methoxy groups -OCH3 is 2. The molecule has 97 heavy (non-hydrogen) atoms. The zero-order chi connectivity index (χ0) is 69.0. The minimum Gasteiger partial charge on any atom is -0.508 e. The van der Waals surface area contributed by atoms with Crippen molar-refractivity contribution in [1.82, 2.24) is 40.0 Å². The van der Waals surface area contributed by atoms with Crippen LogP contribution < -0.4 is 30.7 Å². The molecular weight excluding hydrogens is 1270 g/mol. The van der Waals surface area contributed by atoms with Crippen molar-refractivity contribution in [3.05, 3.63) is 214 Å². The maximum Gasteiger partial charge on any atom is 0.413 e. The summed E-state index contributed by atoms with van der Waals surface area (Å²) < 4.78 is 26.4. The molecule has 7 heterocycles. The molecule has 24 nitrogen and oxygen atoms in total. The molecule has 4 aromatic heterocycles. The highest BCUT2D eigenvalue weighted by Gasteiger charge is 2.36. The number of aromatic nitrogens is 4. The molecule has 0 saturated heterocycles. The van der Waals surface area contributed by atoms with E-state index in [1.54, 1.807) is 20.0 Å². The van der Waals surface area contributed by atoms with E-state index >= 15 is 0 Å². The molecule has 0 bridgehead atoms. The van der Waals surface area contributed by atoms with Gasteiger partial charge in [-0.05, 0) is 98.3 Å². The first-order chi connectivity index (χ1) is 46.5. The number of halogens is 1. The number of carbonyl (C=O) groups excluding carboxylic acids is 10. The van der Waals surface area contributed by atoms with E-state index in [0.29, 0.717) is 62.8 Å². The van der Waals surface area contributed by atoms with Crippen LogP contribution >= 0.6 is 11.6 Å². The number of amides is 8. The lowest BCUT2D eigenvalue weighted by molar-refractivity contribution is -0.150. The minimum atomic E-state index is -0.934. The number of alkyl carbamates (subject to hydrolysis) is 1. The lowest BCUT2D eigenvalue weighted by Crippen LogP contribution is -2.30. The number of phenolic OH excluding ortho intramolecular Hbond substituents is 2. The zero-order valence-corrected chi connectivity index (χ0v) is 53.2. The molecule has 6 N–H and O–H groups in total. The summed E-state index contributed by atoms with van der Waals surface area (Å²) in [7, 11) is 2.80. The van der Waals surface area contributed by atoms with Crippen molar-refractivity contribution in [2.45, 2.75) is 46.9 Å². The van der Waals surface area contributed by atoms with Gasteiger partial charge in [0.25, 0.3) is 41.4 Å². The van der Waals surface area contributed by atoms with E-state index in [2.05, 4.69) is 20.5 Å². The number of esters is 1. The van der Waals surface area contributed by atoms with Crippen molar-refractivity contribution in [2.75, 3.05) is 20.8 Å². The number of benzene rings is 6. The number of aromatic hydroxyl groups is 2. The summed E-state index contributed by atoms with van der Waals surface area (Å²) in [5.74, 6) is -3.81. The molecule has 3 aliphatic heterocycles. The number of rotatable bonds is 16. The van der Waals surface area contributed by atoms with Crippen molar-refractivity contribution in [3.8, 4) is 23.0 Å². The molecule has 0 saturated carbocycles. The van der Waals surface area contributed by atoms with Gasteiger partial charge in [-0.25, -0.2) is 9.78 Å². The second-order valence-electron chi connectivity index (χ2n) is 23.1. The molecule has 8 amide bonds. The first-order valence-electron chi connectivity index (χ1n) is 29.9. The maximum atomic E-state index is 13.1. The summed E-state index contributed by atoms with van der Waals surface area (Å²) in [4.78, 5) is 125. The summed E-state index contributed by atoms with van der Waals surface area (Å²) in [5, 5.41) is 32.4. The Labute approximate surface area is 556 Å². The maximum absolute atomic E-state index is 13.1. The number of carbonyl (C=O) groups is 10. The van der Waals surface area contributed by atoms with Crippen molar-refractivity contribution in [2.24, 2.45) is 5.41 Å². The van der Waals surface area contributed by atoms with Crippen LogP contribution in [0.2, 0.25) is 5.02 Å². The van der Waals surface area contributed by atoms with Crippen molar-refractivity contribution in [1.29, 1.82) is 0 Å². The highest BCUT2D eigenvalue weighted by atomic mass is 35.5. The fraction of sp³-hybridized carbons (Fsp3) is 0.153. The third-order valence-electron chi connectivity index (χ3n) is 16.0. The number of hydrogen-bond acceptors (Lipinski definition) is 17. The lowest BCUT2D eigenvalue weighted by atomic mass is 9.85. The highest BCUT2D eigenvalue weighted by molar-refractivity contribution is 6.37. The molecule has 25 heteroatoms. The standard InChI is InChI=1S/C35H30ClN3O5.C20H14N2O6.C17H15N3O5/c1-35(2,34(42)43-3)18-30-32(27-17-31(40)38-33(27)41)26-16-25(44-20-24-13-10-22-6-4-5-7-28(22)37-24)14-15-29(26)39(30)19-21-8-11-23(36)12-9-21;1-28-11-3-4-12(17(24)7-11)20(27)22-9-15(14-8-18(25)21-19(14)26)13-6-10(23)2-5-16(13)22;1-10(21)18-17(24)25-7-6-20-9-13(11-4-2-3-5-14(11)20)12-8-15(22)19-16(12)23/h4-17H,18-20H2,1-3H3,(H,38,40,41);2-9,23-24H,1H3,(H,21,25,26);2-5,8-9H,6-7H2,1H3,(H,18,21,24)(H,19,22,23). The first-order valence-corrected chi connectivity index (χ1v) is 30.3. The van der Waals surface area contributed by atoms with Gasteiger partial charge < -0.3 is 38.3 Å². The van der Waals surface area contributed by atoms with Gasteiger partial charge in [0.1, 0.15) is 36.2 Å². The number of hydrogen-bond donors (Lipinski definition) is 6. The van der Waals surface area contributed by atoms with E-state index in [1.165, 1.54) is 80.5 Å². The predicted molar refractivity (Wildman–Crippen MR) is 357 cm³/mol. The van der Waals surface area contributed by atoms with Gasteiger partial charge in [-0.1, -0.05) is 66.2 Å². The van der Waals surface area contributed by atoms with Crippen LogP contribution in [0.4, 0.5) is 4.79 Å². The fourth-order valence-electron chi connectivity index (χ4n) is 11.5. The van der Waals surface area contributed by atoms with E-state index in [9.17, 15) is 58.2 Å². The van der Waals surface area contributed by atoms with E-state index in [1.807, 2.05) is 113 Å². The summed E-state index contributed by atoms with van der Waals surface area (Å²) in [5.41, 5.74) is 6.63. The summed E-state index contributed by atoms with van der Waals surface area (Å²) in [6.45, 7) is 5.86. The molecule has 0 aliphatic carbocycles.